The van der Waals surface area contributed by atoms with E-state index in [1.165, 1.54) is 0 Å². The number of halogens is 2. The number of fused-ring (bicyclic) bond motifs is 4. The highest BCUT2D eigenvalue weighted by Gasteiger charge is 2.56. The van der Waals surface area contributed by atoms with Crippen LogP contribution < -0.4 is 5.32 Å². The molecular formula is C18H17F2N3. The van der Waals surface area contributed by atoms with Crippen molar-refractivity contribution in [1.82, 2.24) is 14.9 Å². The third-order valence-corrected chi connectivity index (χ3v) is 5.68. The fraction of sp³-hybridized carbons (Fsp3) is 0.389. The number of imidazole rings is 1. The van der Waals surface area contributed by atoms with Gasteiger partial charge in [-0.3, -0.25) is 9.88 Å². The number of rotatable bonds is 1. The van der Waals surface area contributed by atoms with Crippen molar-refractivity contribution in [1.29, 1.82) is 0 Å². The van der Waals surface area contributed by atoms with E-state index >= 15 is 0 Å². The predicted octanol–water partition coefficient (Wildman–Crippen LogP) is 3.70. The van der Waals surface area contributed by atoms with Crippen molar-refractivity contribution in [2.24, 2.45) is 5.92 Å². The molecule has 1 aliphatic carbocycles. The molecule has 1 saturated heterocycles. The smallest absolute Gasteiger partial charge is 0.280 e. The van der Waals surface area contributed by atoms with Gasteiger partial charge < -0.3 is 0 Å². The average Bonchev–Trinajstić information content (AvgIpc) is 2.95. The van der Waals surface area contributed by atoms with Gasteiger partial charge in [-0.25, -0.2) is 13.8 Å². The van der Waals surface area contributed by atoms with Gasteiger partial charge in [0.2, 0.25) is 0 Å². The van der Waals surface area contributed by atoms with Gasteiger partial charge in [0.25, 0.3) is 5.92 Å². The summed E-state index contributed by atoms with van der Waals surface area (Å²) in [5, 5.41) is 3.48. The van der Waals surface area contributed by atoms with Crippen LogP contribution in [0.2, 0.25) is 0 Å². The third-order valence-electron chi connectivity index (χ3n) is 5.68. The molecule has 3 heterocycles. The lowest BCUT2D eigenvalue weighted by Gasteiger charge is -2.16. The molecule has 1 N–H and O–H groups in total. The van der Waals surface area contributed by atoms with Crippen molar-refractivity contribution >= 4 is 5.57 Å². The van der Waals surface area contributed by atoms with Crippen LogP contribution in [0.3, 0.4) is 0 Å². The molecule has 5 rings (SSSR count). The van der Waals surface area contributed by atoms with Gasteiger partial charge in [0.05, 0.1) is 11.9 Å². The number of nitrogens with zero attached hydrogens (tertiary/aromatic N) is 2. The Morgan fingerprint density at radius 3 is 2.96 bits per heavy atom. The normalized spacial score (nSPS) is 29.9. The van der Waals surface area contributed by atoms with Crippen molar-refractivity contribution in [3.05, 3.63) is 47.9 Å². The van der Waals surface area contributed by atoms with Crippen LogP contribution in [0.25, 0.3) is 16.8 Å². The van der Waals surface area contributed by atoms with Gasteiger partial charge in [0.1, 0.15) is 0 Å². The van der Waals surface area contributed by atoms with E-state index in [0.29, 0.717) is 11.1 Å². The molecule has 2 aromatic rings. The molecule has 2 aliphatic heterocycles. The molecule has 1 aromatic heterocycles. The highest BCUT2D eigenvalue weighted by molar-refractivity contribution is 5.78. The first-order valence-corrected chi connectivity index (χ1v) is 8.02. The van der Waals surface area contributed by atoms with Crippen LogP contribution in [0.4, 0.5) is 8.78 Å². The second-order valence-electron chi connectivity index (χ2n) is 6.82. The summed E-state index contributed by atoms with van der Waals surface area (Å²) in [6.07, 6.45) is 3.92. The quantitative estimate of drug-likeness (QED) is 0.870. The lowest BCUT2D eigenvalue weighted by Crippen LogP contribution is -2.26. The molecule has 0 radical (unpaired) electrons. The molecule has 118 valence electrons. The number of alkyl halides is 2. The minimum Gasteiger partial charge on any atom is -0.298 e. The molecule has 3 nitrogen and oxygen atoms in total. The van der Waals surface area contributed by atoms with E-state index in [4.69, 9.17) is 0 Å². The molecule has 3 aliphatic rings. The zero-order valence-electron chi connectivity index (χ0n) is 12.9. The Labute approximate surface area is 133 Å². The molecular weight excluding hydrogens is 296 g/mol. The minimum atomic E-state index is -2.85. The summed E-state index contributed by atoms with van der Waals surface area (Å²) in [5.74, 6) is -2.68. The van der Waals surface area contributed by atoms with Crippen molar-refractivity contribution in [2.45, 2.75) is 31.4 Å². The maximum Gasteiger partial charge on any atom is 0.280 e. The van der Waals surface area contributed by atoms with Crippen LogP contribution in [-0.2, 0) is 11.6 Å². The van der Waals surface area contributed by atoms with Gasteiger partial charge in [-0.1, -0.05) is 25.6 Å². The van der Waals surface area contributed by atoms with Crippen LogP contribution in [-0.4, -0.2) is 16.1 Å². The van der Waals surface area contributed by atoms with Crippen LogP contribution in [0, 0.1) is 5.92 Å². The van der Waals surface area contributed by atoms with E-state index in [2.05, 4.69) is 21.4 Å². The van der Waals surface area contributed by atoms with E-state index < -0.39 is 11.8 Å². The number of nitrogens with one attached hydrogen (secondary N) is 1. The van der Waals surface area contributed by atoms with Crippen molar-refractivity contribution in [3.8, 4) is 11.3 Å². The summed E-state index contributed by atoms with van der Waals surface area (Å²) in [4.78, 5) is 4.48. The number of aromatic nitrogens is 2. The van der Waals surface area contributed by atoms with Crippen molar-refractivity contribution in [2.75, 3.05) is 6.54 Å². The fourth-order valence-corrected chi connectivity index (χ4v) is 4.19. The van der Waals surface area contributed by atoms with Crippen LogP contribution in [0.1, 0.15) is 36.7 Å². The Morgan fingerprint density at radius 1 is 1.39 bits per heavy atom. The first kappa shape index (κ1) is 13.4. The summed E-state index contributed by atoms with van der Waals surface area (Å²) in [5.41, 5.74) is 2.78. The third kappa shape index (κ3) is 1.44. The Morgan fingerprint density at radius 2 is 2.22 bits per heavy atom. The maximum absolute atomic E-state index is 14.5. The number of hydrogen-bond donors (Lipinski definition) is 1. The van der Waals surface area contributed by atoms with E-state index in [9.17, 15) is 8.78 Å². The monoisotopic (exact) mass is 313 g/mol. The van der Waals surface area contributed by atoms with Gasteiger partial charge in [0, 0.05) is 17.0 Å². The molecule has 0 amide bonds. The zero-order chi connectivity index (χ0) is 16.0. The number of hydrogen-bond acceptors (Lipinski definition) is 2. The molecule has 2 unspecified atom stereocenters. The second-order valence-corrected chi connectivity index (χ2v) is 6.82. The SMILES string of the molecule is C=C1c2ccc(-c3cnc4n3C43CCCN3)cc2C(F)(F)C1C. The van der Waals surface area contributed by atoms with Gasteiger partial charge in [-0.15, -0.1) is 0 Å². The number of allylic oxidation sites excluding steroid dienone is 1. The molecule has 1 fully saturated rings. The largest absolute Gasteiger partial charge is 0.298 e. The average molecular weight is 313 g/mol. The summed E-state index contributed by atoms with van der Waals surface area (Å²) in [7, 11) is 0. The second kappa shape index (κ2) is 3.90. The highest BCUT2D eigenvalue weighted by Crippen LogP contribution is 2.53. The minimum absolute atomic E-state index is 0.0946. The van der Waals surface area contributed by atoms with Crippen LogP contribution in [0.15, 0.2) is 31.0 Å². The summed E-state index contributed by atoms with van der Waals surface area (Å²) >= 11 is 0. The Balaban J connectivity index is 1.62. The van der Waals surface area contributed by atoms with E-state index in [1.807, 2.05) is 6.07 Å². The van der Waals surface area contributed by atoms with Crippen molar-refractivity contribution in [3.63, 3.8) is 0 Å². The molecule has 1 spiro atoms. The van der Waals surface area contributed by atoms with E-state index in [-0.39, 0.29) is 11.2 Å². The Kier molecular flexibility index (Phi) is 2.28. The van der Waals surface area contributed by atoms with Gasteiger partial charge in [-0.2, -0.15) is 0 Å². The molecule has 23 heavy (non-hydrogen) atoms. The van der Waals surface area contributed by atoms with E-state index in [1.54, 1.807) is 25.3 Å². The summed E-state index contributed by atoms with van der Waals surface area (Å²) in [6, 6.07) is 5.31. The molecule has 2 atom stereocenters. The molecule has 0 saturated carbocycles. The predicted molar refractivity (Wildman–Crippen MR) is 84.1 cm³/mol. The lowest BCUT2D eigenvalue weighted by molar-refractivity contribution is -0.0296. The maximum atomic E-state index is 14.5. The van der Waals surface area contributed by atoms with Gasteiger partial charge in [0.15, 0.2) is 11.5 Å². The molecule has 1 aromatic carbocycles. The standard InChI is InChI=1S/C18H17F2N3/c1-10-11(2)18(19,20)14-8-12(4-5-13(10)14)15-9-21-16-17(23(15)16)6-3-7-22-17/h4-5,8-9,11,22H,1,3,6-7H2,2H3. The highest BCUT2D eigenvalue weighted by atomic mass is 19.3. The van der Waals surface area contributed by atoms with E-state index in [0.717, 1.165) is 36.5 Å². The molecule has 0 bridgehead atoms. The van der Waals surface area contributed by atoms with Gasteiger partial charge >= 0.3 is 0 Å². The topological polar surface area (TPSA) is 29.9 Å². The first-order valence-electron chi connectivity index (χ1n) is 8.02. The lowest BCUT2D eigenvalue weighted by atomic mass is 10.0. The Hall–Kier alpha value is -2.01. The number of benzene rings is 1. The summed E-state index contributed by atoms with van der Waals surface area (Å²) < 4.78 is 31.2. The fourth-order valence-electron chi connectivity index (χ4n) is 4.19. The zero-order valence-corrected chi connectivity index (χ0v) is 12.9. The van der Waals surface area contributed by atoms with Crippen LogP contribution in [0.5, 0.6) is 0 Å². The Bertz CT molecular complexity index is 859. The summed E-state index contributed by atoms with van der Waals surface area (Å²) in [6.45, 7) is 6.36. The first-order chi connectivity index (χ1) is 11.0. The van der Waals surface area contributed by atoms with Crippen molar-refractivity contribution < 1.29 is 8.78 Å². The molecule has 5 heteroatoms. The van der Waals surface area contributed by atoms with Gasteiger partial charge in [-0.05, 0) is 36.6 Å². The van der Waals surface area contributed by atoms with Crippen LogP contribution >= 0.6 is 0 Å².